The molecule has 5 heteroatoms. The first-order valence-electron chi connectivity index (χ1n) is 7.61. The lowest BCUT2D eigenvalue weighted by atomic mass is 9.84. The Morgan fingerprint density at radius 1 is 1.38 bits per heavy atom. The number of carboxylic acid groups (broad SMARTS) is 1. The molecule has 0 spiro atoms. The van der Waals surface area contributed by atoms with E-state index in [2.05, 4.69) is 10.3 Å². The van der Waals surface area contributed by atoms with Crippen LogP contribution in [-0.4, -0.2) is 26.5 Å². The molecule has 2 heterocycles. The van der Waals surface area contributed by atoms with Gasteiger partial charge in [0, 0.05) is 25.0 Å². The average molecular weight is 285 g/mol. The Balaban J connectivity index is 1.49. The van der Waals surface area contributed by atoms with E-state index in [4.69, 9.17) is 0 Å². The molecule has 0 aromatic carbocycles. The zero-order chi connectivity index (χ0) is 14.4. The van der Waals surface area contributed by atoms with Crippen LogP contribution in [0.1, 0.15) is 25.0 Å². The maximum absolute atomic E-state index is 11.5. The molecule has 2 aliphatic carbocycles. The number of aromatic nitrogens is 2. The van der Waals surface area contributed by atoms with Crippen LogP contribution in [0.4, 0.5) is 0 Å². The first kappa shape index (κ1) is 12.8. The molecule has 2 aliphatic rings. The number of nitrogens with zero attached hydrogens (tertiary/aromatic N) is 2. The van der Waals surface area contributed by atoms with Gasteiger partial charge in [0.25, 0.3) is 0 Å². The standard InChI is InChI=1S/C16H19N3O2/c20-16(21)14-10-4-5-11(7-10)15(14)17-8-12-9-19-6-2-1-3-13(19)18-12/h1-3,6,9-11,14-15,17H,4-5,7-8H2,(H,20,21). The minimum Gasteiger partial charge on any atom is -0.481 e. The van der Waals surface area contributed by atoms with Crippen molar-refractivity contribution in [3.63, 3.8) is 0 Å². The van der Waals surface area contributed by atoms with Crippen molar-refractivity contribution in [1.82, 2.24) is 14.7 Å². The van der Waals surface area contributed by atoms with E-state index in [0.29, 0.717) is 18.4 Å². The van der Waals surface area contributed by atoms with E-state index in [1.54, 1.807) is 0 Å². The summed E-state index contributed by atoms with van der Waals surface area (Å²) >= 11 is 0. The van der Waals surface area contributed by atoms with Gasteiger partial charge in [0.1, 0.15) is 5.65 Å². The zero-order valence-corrected chi connectivity index (χ0v) is 11.8. The number of rotatable bonds is 4. The normalized spacial score (nSPS) is 31.0. The number of nitrogens with one attached hydrogen (secondary N) is 1. The van der Waals surface area contributed by atoms with Crippen LogP contribution in [0.3, 0.4) is 0 Å². The number of pyridine rings is 1. The van der Waals surface area contributed by atoms with Crippen molar-refractivity contribution < 1.29 is 9.90 Å². The second-order valence-electron chi connectivity index (χ2n) is 6.30. The molecule has 2 aromatic rings. The van der Waals surface area contributed by atoms with Crippen LogP contribution in [-0.2, 0) is 11.3 Å². The molecule has 21 heavy (non-hydrogen) atoms. The number of imidazole rings is 1. The molecule has 4 atom stereocenters. The van der Waals surface area contributed by atoms with Gasteiger partial charge in [-0.2, -0.15) is 0 Å². The number of fused-ring (bicyclic) bond motifs is 3. The van der Waals surface area contributed by atoms with E-state index in [0.717, 1.165) is 30.6 Å². The van der Waals surface area contributed by atoms with Crippen molar-refractivity contribution in [2.45, 2.75) is 31.8 Å². The fourth-order valence-electron chi connectivity index (χ4n) is 4.24. The number of aliphatic carboxylic acids is 1. The Kier molecular flexibility index (Phi) is 2.96. The van der Waals surface area contributed by atoms with Crippen molar-refractivity contribution in [2.75, 3.05) is 0 Å². The summed E-state index contributed by atoms with van der Waals surface area (Å²) in [6, 6.07) is 6.02. The Morgan fingerprint density at radius 2 is 2.24 bits per heavy atom. The maximum atomic E-state index is 11.5. The molecule has 110 valence electrons. The monoisotopic (exact) mass is 285 g/mol. The second kappa shape index (κ2) is 4.84. The highest BCUT2D eigenvalue weighted by Gasteiger charge is 2.50. The smallest absolute Gasteiger partial charge is 0.308 e. The molecule has 4 rings (SSSR count). The van der Waals surface area contributed by atoms with Crippen molar-refractivity contribution in [1.29, 1.82) is 0 Å². The molecule has 0 radical (unpaired) electrons. The van der Waals surface area contributed by atoms with Crippen molar-refractivity contribution in [2.24, 2.45) is 17.8 Å². The molecule has 2 bridgehead atoms. The predicted octanol–water partition coefficient (Wildman–Crippen LogP) is 1.92. The summed E-state index contributed by atoms with van der Waals surface area (Å²) in [4.78, 5) is 16.1. The van der Waals surface area contributed by atoms with Gasteiger partial charge < -0.3 is 14.8 Å². The number of carboxylic acids is 1. The Morgan fingerprint density at radius 3 is 3.05 bits per heavy atom. The van der Waals surface area contributed by atoms with Gasteiger partial charge in [-0.05, 0) is 43.2 Å². The maximum Gasteiger partial charge on any atom is 0.308 e. The molecule has 4 unspecified atom stereocenters. The molecule has 0 amide bonds. The lowest BCUT2D eigenvalue weighted by Crippen LogP contribution is -2.43. The molecule has 0 aliphatic heterocycles. The minimum absolute atomic E-state index is 0.103. The van der Waals surface area contributed by atoms with Crippen molar-refractivity contribution in [3.8, 4) is 0 Å². The van der Waals surface area contributed by atoms with Gasteiger partial charge in [0.05, 0.1) is 11.6 Å². The summed E-state index contributed by atoms with van der Waals surface area (Å²) < 4.78 is 1.99. The van der Waals surface area contributed by atoms with Gasteiger partial charge in [-0.15, -0.1) is 0 Å². The summed E-state index contributed by atoms with van der Waals surface area (Å²) in [5.41, 5.74) is 1.89. The van der Waals surface area contributed by atoms with E-state index < -0.39 is 5.97 Å². The quantitative estimate of drug-likeness (QED) is 0.900. The Labute approximate surface area is 123 Å². The Bertz CT molecular complexity index is 648. The molecule has 2 fully saturated rings. The van der Waals surface area contributed by atoms with Gasteiger partial charge in [-0.3, -0.25) is 4.79 Å². The minimum atomic E-state index is -0.644. The molecular formula is C16H19N3O2. The third-order valence-electron chi connectivity index (χ3n) is 5.13. The lowest BCUT2D eigenvalue weighted by Gasteiger charge is -2.28. The van der Waals surface area contributed by atoms with Crippen LogP contribution in [0.2, 0.25) is 0 Å². The highest BCUT2D eigenvalue weighted by atomic mass is 16.4. The highest BCUT2D eigenvalue weighted by molar-refractivity contribution is 5.72. The van der Waals surface area contributed by atoms with E-state index in [1.807, 2.05) is 35.0 Å². The third kappa shape index (κ3) is 2.12. The Hall–Kier alpha value is -1.88. The molecule has 0 saturated heterocycles. The lowest BCUT2D eigenvalue weighted by molar-refractivity contribution is -0.144. The summed E-state index contributed by atoms with van der Waals surface area (Å²) in [5.74, 6) is 0.0229. The van der Waals surface area contributed by atoms with Gasteiger partial charge >= 0.3 is 5.97 Å². The summed E-state index contributed by atoms with van der Waals surface area (Å²) in [6.07, 6.45) is 7.29. The van der Waals surface area contributed by atoms with Crippen LogP contribution in [0.5, 0.6) is 0 Å². The van der Waals surface area contributed by atoms with E-state index in [1.165, 1.54) is 0 Å². The first-order chi connectivity index (χ1) is 10.2. The fraction of sp³-hybridized carbons (Fsp3) is 0.500. The average Bonchev–Trinajstić information content (AvgIpc) is 3.17. The topological polar surface area (TPSA) is 66.6 Å². The van der Waals surface area contributed by atoms with Gasteiger partial charge in [0.2, 0.25) is 0 Å². The van der Waals surface area contributed by atoms with Crippen LogP contribution < -0.4 is 5.32 Å². The molecule has 2 saturated carbocycles. The number of hydrogen-bond donors (Lipinski definition) is 2. The van der Waals surface area contributed by atoms with Gasteiger partial charge in [-0.1, -0.05) is 6.07 Å². The zero-order valence-electron chi connectivity index (χ0n) is 11.8. The molecule has 2 aromatic heterocycles. The second-order valence-corrected chi connectivity index (χ2v) is 6.30. The van der Waals surface area contributed by atoms with Crippen molar-refractivity contribution >= 4 is 11.6 Å². The van der Waals surface area contributed by atoms with E-state index in [-0.39, 0.29) is 12.0 Å². The van der Waals surface area contributed by atoms with E-state index >= 15 is 0 Å². The highest BCUT2D eigenvalue weighted by Crippen LogP contribution is 2.48. The van der Waals surface area contributed by atoms with Gasteiger partial charge in [0.15, 0.2) is 0 Å². The summed E-state index contributed by atoms with van der Waals surface area (Å²) in [6.45, 7) is 0.638. The summed E-state index contributed by atoms with van der Waals surface area (Å²) in [5, 5.41) is 12.9. The summed E-state index contributed by atoms with van der Waals surface area (Å²) in [7, 11) is 0. The number of carbonyl (C=O) groups is 1. The van der Waals surface area contributed by atoms with Gasteiger partial charge in [-0.25, -0.2) is 4.98 Å². The fourth-order valence-corrected chi connectivity index (χ4v) is 4.24. The van der Waals surface area contributed by atoms with Crippen LogP contribution in [0.15, 0.2) is 30.6 Å². The SMILES string of the molecule is O=C(O)C1C2CCC(C2)C1NCc1cn2ccccc2n1. The van der Waals surface area contributed by atoms with E-state index in [9.17, 15) is 9.90 Å². The predicted molar refractivity (Wildman–Crippen MR) is 77.8 cm³/mol. The van der Waals surface area contributed by atoms with Crippen molar-refractivity contribution in [3.05, 3.63) is 36.3 Å². The number of hydrogen-bond acceptors (Lipinski definition) is 3. The third-order valence-corrected chi connectivity index (χ3v) is 5.13. The molecule has 2 N–H and O–H groups in total. The largest absolute Gasteiger partial charge is 0.481 e. The molecular weight excluding hydrogens is 266 g/mol. The first-order valence-corrected chi connectivity index (χ1v) is 7.61. The van der Waals surface area contributed by atoms with Crippen LogP contribution in [0, 0.1) is 17.8 Å². The molecule has 5 nitrogen and oxygen atoms in total. The van der Waals surface area contributed by atoms with Crippen LogP contribution in [0.25, 0.3) is 5.65 Å². The van der Waals surface area contributed by atoms with Crippen LogP contribution >= 0.6 is 0 Å².